The Labute approximate surface area is 105 Å². The van der Waals surface area contributed by atoms with E-state index >= 15 is 0 Å². The molecule has 0 aliphatic heterocycles. The van der Waals surface area contributed by atoms with E-state index in [2.05, 4.69) is 63.0 Å². The van der Waals surface area contributed by atoms with Crippen LogP contribution in [0.5, 0.6) is 0 Å². The van der Waals surface area contributed by atoms with Crippen LogP contribution in [0.2, 0.25) is 5.21 Å². The molecule has 0 radical (unpaired) electrons. The van der Waals surface area contributed by atoms with Crippen LogP contribution in [0, 0.1) is 17.3 Å². The van der Waals surface area contributed by atoms with Gasteiger partial charge in [-0.25, -0.2) is 0 Å². The smallest absolute Gasteiger partial charge is 0.0998 e. The van der Waals surface area contributed by atoms with Crippen molar-refractivity contribution in [2.45, 2.75) is 59.1 Å². The minimum atomic E-state index is 0.383. The molecule has 92 valence electrons. The van der Waals surface area contributed by atoms with Crippen LogP contribution in [0.1, 0.15) is 53.9 Å². The molecular formula is C14H30B2. The first kappa shape index (κ1) is 15.9. The van der Waals surface area contributed by atoms with Crippen molar-refractivity contribution in [1.82, 2.24) is 0 Å². The highest BCUT2D eigenvalue weighted by molar-refractivity contribution is 6.40. The van der Waals surface area contributed by atoms with Gasteiger partial charge >= 0.3 is 0 Å². The molecule has 0 nitrogen and oxygen atoms in total. The van der Waals surface area contributed by atoms with Crippen molar-refractivity contribution >= 4 is 15.7 Å². The lowest BCUT2D eigenvalue weighted by atomic mass is 9.40. The second-order valence-corrected chi connectivity index (χ2v) is 7.01. The summed E-state index contributed by atoms with van der Waals surface area (Å²) in [4.78, 5) is 0. The van der Waals surface area contributed by atoms with Gasteiger partial charge in [0, 0.05) is 0 Å². The predicted octanol–water partition coefficient (Wildman–Crippen LogP) is 3.04. The summed E-state index contributed by atoms with van der Waals surface area (Å²) in [6.07, 6.45) is 5.82. The van der Waals surface area contributed by atoms with Crippen LogP contribution in [0.3, 0.4) is 0 Å². The largest absolute Gasteiger partial charge is 0.103 e. The Morgan fingerprint density at radius 2 is 1.75 bits per heavy atom. The van der Waals surface area contributed by atoms with Gasteiger partial charge in [-0.2, -0.15) is 0 Å². The van der Waals surface area contributed by atoms with Gasteiger partial charge in [0.05, 0.1) is 15.7 Å². The Morgan fingerprint density at radius 1 is 1.25 bits per heavy atom. The number of rotatable bonds is 6. The first-order valence-corrected chi connectivity index (χ1v) is 6.76. The first-order chi connectivity index (χ1) is 7.15. The van der Waals surface area contributed by atoms with Gasteiger partial charge in [-0.15, -0.1) is 6.58 Å². The second-order valence-electron chi connectivity index (χ2n) is 7.01. The standard InChI is InChI=1S/C14H30B2/c1-7-9-12(8-2)11(3)10-14(15,16)13(4,5)6/h7,11-12H,1,8-10,15-16H2,2-6H3. The zero-order chi connectivity index (χ0) is 13.0. The topological polar surface area (TPSA) is 0 Å². The molecule has 0 spiro atoms. The Hall–Kier alpha value is -0.130. The minimum Gasteiger partial charge on any atom is -0.103 e. The maximum Gasteiger partial charge on any atom is 0.0998 e. The van der Waals surface area contributed by atoms with E-state index in [1.165, 1.54) is 12.8 Å². The van der Waals surface area contributed by atoms with E-state index in [9.17, 15) is 0 Å². The number of hydrogen-bond acceptors (Lipinski definition) is 0. The molecule has 2 unspecified atom stereocenters. The number of allylic oxidation sites excluding steroid dienone is 1. The van der Waals surface area contributed by atoms with E-state index in [0.29, 0.717) is 10.6 Å². The van der Waals surface area contributed by atoms with Gasteiger partial charge in [0.2, 0.25) is 0 Å². The lowest BCUT2D eigenvalue weighted by Crippen LogP contribution is -2.33. The minimum absolute atomic E-state index is 0.383. The van der Waals surface area contributed by atoms with Crippen molar-refractivity contribution in [2.75, 3.05) is 0 Å². The molecule has 0 aromatic rings. The van der Waals surface area contributed by atoms with Crippen LogP contribution >= 0.6 is 0 Å². The van der Waals surface area contributed by atoms with Gasteiger partial charge in [0.25, 0.3) is 0 Å². The summed E-state index contributed by atoms with van der Waals surface area (Å²) in [6.45, 7) is 15.7. The van der Waals surface area contributed by atoms with Crippen molar-refractivity contribution in [2.24, 2.45) is 17.3 Å². The average molecular weight is 220 g/mol. The van der Waals surface area contributed by atoms with Crippen molar-refractivity contribution in [3.8, 4) is 0 Å². The van der Waals surface area contributed by atoms with Crippen molar-refractivity contribution in [3.63, 3.8) is 0 Å². The zero-order valence-corrected chi connectivity index (χ0v) is 12.6. The van der Waals surface area contributed by atoms with Gasteiger partial charge in [0.1, 0.15) is 0 Å². The van der Waals surface area contributed by atoms with Crippen LogP contribution in [0.4, 0.5) is 0 Å². The van der Waals surface area contributed by atoms with Crippen LogP contribution < -0.4 is 0 Å². The molecule has 0 aromatic carbocycles. The third kappa shape index (κ3) is 4.39. The molecule has 0 amide bonds. The number of hydrogen-bond donors (Lipinski definition) is 0. The fourth-order valence-corrected chi connectivity index (χ4v) is 2.29. The highest BCUT2D eigenvalue weighted by atomic mass is 14.3. The van der Waals surface area contributed by atoms with E-state index in [4.69, 9.17) is 0 Å². The highest BCUT2D eigenvalue weighted by Crippen LogP contribution is 2.46. The first-order valence-electron chi connectivity index (χ1n) is 6.76. The molecular weight excluding hydrogens is 190 g/mol. The van der Waals surface area contributed by atoms with E-state index in [1.54, 1.807) is 0 Å². The Balaban J connectivity index is 4.53. The summed E-state index contributed by atoms with van der Waals surface area (Å²) < 4.78 is 0. The summed E-state index contributed by atoms with van der Waals surface area (Å²) in [5.41, 5.74) is 0.383. The normalized spacial score (nSPS) is 16.8. The molecule has 2 heteroatoms. The lowest BCUT2D eigenvalue weighted by molar-refractivity contribution is 0.246. The predicted molar refractivity (Wildman–Crippen MR) is 81.6 cm³/mol. The maximum atomic E-state index is 3.88. The van der Waals surface area contributed by atoms with Crippen molar-refractivity contribution in [1.29, 1.82) is 0 Å². The summed E-state index contributed by atoms with van der Waals surface area (Å²) in [5, 5.41) is 0.404. The molecule has 0 saturated carbocycles. The SMILES string of the molecule is BC(B)(CC(C)C(CC)CC=C)C(C)(C)C. The van der Waals surface area contributed by atoms with E-state index in [1.807, 2.05) is 0 Å². The van der Waals surface area contributed by atoms with Gasteiger partial charge < -0.3 is 0 Å². The van der Waals surface area contributed by atoms with Crippen LogP contribution in [-0.4, -0.2) is 15.7 Å². The molecule has 0 N–H and O–H groups in total. The molecule has 0 aliphatic carbocycles. The Kier molecular flexibility index (Phi) is 5.93. The summed E-state index contributed by atoms with van der Waals surface area (Å²) >= 11 is 0. The average Bonchev–Trinajstić information content (AvgIpc) is 2.11. The molecule has 0 aliphatic rings. The molecule has 0 saturated heterocycles. The molecule has 2 atom stereocenters. The molecule has 0 fully saturated rings. The quantitative estimate of drug-likeness (QED) is 0.476. The van der Waals surface area contributed by atoms with Crippen LogP contribution in [0.15, 0.2) is 12.7 Å². The summed E-state index contributed by atoms with van der Waals surface area (Å²) in [6, 6.07) is 0. The van der Waals surface area contributed by atoms with E-state index in [-0.39, 0.29) is 0 Å². The fraction of sp³-hybridized carbons (Fsp3) is 0.857. The van der Waals surface area contributed by atoms with Gasteiger partial charge in [-0.1, -0.05) is 58.8 Å². The Morgan fingerprint density at radius 3 is 2.06 bits per heavy atom. The van der Waals surface area contributed by atoms with Crippen LogP contribution in [0.25, 0.3) is 0 Å². The molecule has 0 heterocycles. The fourth-order valence-electron chi connectivity index (χ4n) is 2.29. The van der Waals surface area contributed by atoms with E-state index < -0.39 is 0 Å². The monoisotopic (exact) mass is 220 g/mol. The molecule has 0 aromatic heterocycles. The molecule has 0 rings (SSSR count). The molecule has 0 bridgehead atoms. The highest BCUT2D eigenvalue weighted by Gasteiger charge is 2.34. The van der Waals surface area contributed by atoms with E-state index in [0.717, 1.165) is 18.3 Å². The lowest BCUT2D eigenvalue weighted by Gasteiger charge is -2.42. The Bertz CT molecular complexity index is 213. The van der Waals surface area contributed by atoms with Gasteiger partial charge in [0.15, 0.2) is 0 Å². The zero-order valence-electron chi connectivity index (χ0n) is 12.6. The molecule has 16 heavy (non-hydrogen) atoms. The maximum absolute atomic E-state index is 3.88. The van der Waals surface area contributed by atoms with Gasteiger partial charge in [-0.3, -0.25) is 0 Å². The third-order valence-corrected chi connectivity index (χ3v) is 4.66. The van der Waals surface area contributed by atoms with Crippen molar-refractivity contribution in [3.05, 3.63) is 12.7 Å². The van der Waals surface area contributed by atoms with Crippen molar-refractivity contribution < 1.29 is 0 Å². The summed E-state index contributed by atoms with van der Waals surface area (Å²) in [7, 11) is 4.81. The summed E-state index contributed by atoms with van der Waals surface area (Å²) in [5.74, 6) is 1.59. The second kappa shape index (κ2) is 5.98. The van der Waals surface area contributed by atoms with Crippen LogP contribution in [-0.2, 0) is 0 Å². The van der Waals surface area contributed by atoms with Gasteiger partial charge in [-0.05, 0) is 23.7 Å². The third-order valence-electron chi connectivity index (χ3n) is 4.66.